The molecule has 1 amide bonds. The molecular formula is C11H14N2O6. The normalized spacial score (nSPS) is 30.5. The molecule has 8 nitrogen and oxygen atoms in total. The van der Waals surface area contributed by atoms with Crippen LogP contribution >= 0.6 is 0 Å². The van der Waals surface area contributed by atoms with E-state index in [0.717, 1.165) is 16.8 Å². The van der Waals surface area contributed by atoms with Crippen molar-refractivity contribution in [2.75, 3.05) is 6.61 Å². The molecule has 1 fully saturated rings. The van der Waals surface area contributed by atoms with Crippen molar-refractivity contribution in [3.05, 3.63) is 34.2 Å². The smallest absolute Gasteiger partial charge is 0.252 e. The number of aliphatic hydroxyl groups excluding tert-OH is 3. The number of carbonyl (C=O) groups excluding carboxylic acids is 1. The van der Waals surface area contributed by atoms with E-state index in [-0.39, 0.29) is 5.56 Å². The molecule has 104 valence electrons. The Morgan fingerprint density at radius 3 is 2.58 bits per heavy atom. The van der Waals surface area contributed by atoms with Crippen LogP contribution in [0.3, 0.4) is 0 Å². The Hall–Kier alpha value is -1.74. The molecule has 0 aromatic carbocycles. The molecule has 1 aliphatic heterocycles. The van der Waals surface area contributed by atoms with Crippen molar-refractivity contribution in [3.8, 4) is 0 Å². The van der Waals surface area contributed by atoms with Gasteiger partial charge in [0.05, 0.1) is 12.2 Å². The monoisotopic (exact) mass is 270 g/mol. The Kier molecular flexibility index (Phi) is 3.67. The maximum atomic E-state index is 11.7. The zero-order chi connectivity index (χ0) is 14.2. The fraction of sp³-hybridized carbons (Fsp3) is 0.455. The molecule has 1 saturated heterocycles. The van der Waals surface area contributed by atoms with Gasteiger partial charge in [0.1, 0.15) is 18.3 Å². The van der Waals surface area contributed by atoms with Crippen molar-refractivity contribution in [2.24, 2.45) is 5.73 Å². The maximum Gasteiger partial charge on any atom is 0.252 e. The van der Waals surface area contributed by atoms with Gasteiger partial charge in [0.25, 0.3) is 5.56 Å². The summed E-state index contributed by atoms with van der Waals surface area (Å²) in [6, 6.07) is 2.36. The number of hydrogen-bond donors (Lipinski definition) is 4. The first-order chi connectivity index (χ1) is 8.95. The zero-order valence-electron chi connectivity index (χ0n) is 9.84. The maximum absolute atomic E-state index is 11.7. The molecular weight excluding hydrogens is 256 g/mol. The van der Waals surface area contributed by atoms with Crippen molar-refractivity contribution >= 4 is 5.91 Å². The summed E-state index contributed by atoms with van der Waals surface area (Å²) in [6.07, 6.45) is -3.74. The van der Waals surface area contributed by atoms with Crippen molar-refractivity contribution in [1.82, 2.24) is 4.57 Å². The van der Waals surface area contributed by atoms with Crippen LogP contribution in [0, 0.1) is 0 Å². The highest BCUT2D eigenvalue weighted by molar-refractivity contribution is 5.92. The largest absolute Gasteiger partial charge is 0.394 e. The van der Waals surface area contributed by atoms with Gasteiger partial charge in [-0.1, -0.05) is 0 Å². The summed E-state index contributed by atoms with van der Waals surface area (Å²) >= 11 is 0. The molecule has 2 rings (SSSR count). The summed E-state index contributed by atoms with van der Waals surface area (Å²) in [4.78, 5) is 22.8. The van der Waals surface area contributed by atoms with Crippen molar-refractivity contribution in [2.45, 2.75) is 24.5 Å². The molecule has 5 N–H and O–H groups in total. The van der Waals surface area contributed by atoms with Gasteiger partial charge in [-0.05, 0) is 6.07 Å². The van der Waals surface area contributed by atoms with E-state index < -0.39 is 42.6 Å². The fourth-order valence-corrected chi connectivity index (χ4v) is 1.96. The number of rotatable bonds is 3. The Labute approximate surface area is 107 Å². The van der Waals surface area contributed by atoms with Crippen LogP contribution in [0.15, 0.2) is 23.1 Å². The van der Waals surface area contributed by atoms with Crippen LogP contribution in [-0.2, 0) is 4.74 Å². The highest BCUT2D eigenvalue weighted by Gasteiger charge is 2.43. The summed E-state index contributed by atoms with van der Waals surface area (Å²) in [5.74, 6) is -0.736. The van der Waals surface area contributed by atoms with Gasteiger partial charge in [0, 0.05) is 12.3 Å². The van der Waals surface area contributed by atoms with E-state index in [0.29, 0.717) is 0 Å². The van der Waals surface area contributed by atoms with E-state index in [2.05, 4.69) is 0 Å². The number of primary amides is 1. The van der Waals surface area contributed by atoms with Gasteiger partial charge in [0.15, 0.2) is 6.23 Å². The minimum absolute atomic E-state index is 0.0670. The van der Waals surface area contributed by atoms with Gasteiger partial charge in [-0.25, -0.2) is 0 Å². The van der Waals surface area contributed by atoms with Crippen LogP contribution in [0.2, 0.25) is 0 Å². The first-order valence-electron chi connectivity index (χ1n) is 5.60. The van der Waals surface area contributed by atoms with Crippen LogP contribution in [0.1, 0.15) is 16.6 Å². The van der Waals surface area contributed by atoms with Crippen LogP contribution in [-0.4, -0.2) is 50.7 Å². The number of aromatic nitrogens is 1. The summed E-state index contributed by atoms with van der Waals surface area (Å²) in [6.45, 7) is -0.501. The lowest BCUT2D eigenvalue weighted by atomic mass is 10.1. The molecule has 2 heterocycles. The molecule has 1 aromatic rings. The summed E-state index contributed by atoms with van der Waals surface area (Å²) in [7, 11) is 0. The third kappa shape index (κ3) is 2.38. The third-order valence-corrected chi connectivity index (χ3v) is 3.01. The van der Waals surface area contributed by atoms with Crippen molar-refractivity contribution in [3.63, 3.8) is 0 Å². The Bertz CT molecular complexity index is 542. The number of ether oxygens (including phenoxy) is 1. The molecule has 0 bridgehead atoms. The molecule has 19 heavy (non-hydrogen) atoms. The first-order valence-corrected chi connectivity index (χ1v) is 5.60. The standard InChI is InChI=1S/C11H14N2O6/c12-10(18)5-1-2-7(15)13(3-5)11-9(17)8(16)6(4-14)19-11/h1-3,6,8-9,11,14,16-17H,4H2,(H2,12,18)/t6-,8-,9-,11-/m1/s1. The van der Waals surface area contributed by atoms with E-state index in [9.17, 15) is 19.8 Å². The second-order valence-corrected chi connectivity index (χ2v) is 4.26. The van der Waals surface area contributed by atoms with Crippen molar-refractivity contribution in [1.29, 1.82) is 0 Å². The predicted molar refractivity (Wildman–Crippen MR) is 62.2 cm³/mol. The molecule has 0 aliphatic carbocycles. The molecule has 1 aromatic heterocycles. The number of aliphatic hydroxyl groups is 3. The molecule has 1 aliphatic rings. The van der Waals surface area contributed by atoms with Crippen LogP contribution in [0.25, 0.3) is 0 Å². The number of hydrogen-bond acceptors (Lipinski definition) is 6. The van der Waals surface area contributed by atoms with Gasteiger partial charge in [-0.2, -0.15) is 0 Å². The van der Waals surface area contributed by atoms with E-state index in [4.69, 9.17) is 15.6 Å². The minimum Gasteiger partial charge on any atom is -0.394 e. The molecule has 4 atom stereocenters. The van der Waals surface area contributed by atoms with E-state index in [1.54, 1.807) is 0 Å². The van der Waals surface area contributed by atoms with E-state index in [1.807, 2.05) is 0 Å². The van der Waals surface area contributed by atoms with Gasteiger partial charge >= 0.3 is 0 Å². The lowest BCUT2D eigenvalue weighted by molar-refractivity contribution is -0.0544. The number of nitrogens with zero attached hydrogens (tertiary/aromatic N) is 1. The number of carbonyl (C=O) groups is 1. The number of amides is 1. The van der Waals surface area contributed by atoms with Crippen LogP contribution in [0.4, 0.5) is 0 Å². The highest BCUT2D eigenvalue weighted by atomic mass is 16.6. The Morgan fingerprint density at radius 2 is 2.05 bits per heavy atom. The van der Waals surface area contributed by atoms with E-state index in [1.165, 1.54) is 6.07 Å². The Morgan fingerprint density at radius 1 is 1.37 bits per heavy atom. The predicted octanol–water partition coefficient (Wildman–Crippen LogP) is -2.44. The molecule has 0 spiro atoms. The minimum atomic E-state index is -1.39. The lowest BCUT2D eigenvalue weighted by Gasteiger charge is -2.17. The molecule has 0 unspecified atom stereocenters. The lowest BCUT2D eigenvalue weighted by Crippen LogP contribution is -2.35. The van der Waals surface area contributed by atoms with E-state index >= 15 is 0 Å². The average Bonchev–Trinajstić information content (AvgIpc) is 2.66. The Balaban J connectivity index is 2.39. The summed E-state index contributed by atoms with van der Waals surface area (Å²) < 4.78 is 6.16. The molecule has 0 saturated carbocycles. The van der Waals surface area contributed by atoms with Crippen LogP contribution < -0.4 is 11.3 Å². The van der Waals surface area contributed by atoms with Gasteiger partial charge in [-0.15, -0.1) is 0 Å². The van der Waals surface area contributed by atoms with Crippen molar-refractivity contribution < 1.29 is 24.9 Å². The summed E-state index contributed by atoms with van der Waals surface area (Å²) in [5.41, 5.74) is 4.64. The SMILES string of the molecule is NC(=O)c1ccc(=O)n([C@@H]2O[C@H](CO)[C@@H](O)[C@H]2O)c1. The third-order valence-electron chi connectivity index (χ3n) is 3.01. The molecule has 8 heteroatoms. The summed E-state index contributed by atoms with van der Waals surface area (Å²) in [5, 5.41) is 28.4. The topological polar surface area (TPSA) is 135 Å². The second-order valence-electron chi connectivity index (χ2n) is 4.26. The van der Waals surface area contributed by atoms with Crippen LogP contribution in [0.5, 0.6) is 0 Å². The zero-order valence-corrected chi connectivity index (χ0v) is 9.84. The first kappa shape index (κ1) is 13.7. The quantitative estimate of drug-likeness (QED) is 0.482. The van der Waals surface area contributed by atoms with Gasteiger partial charge < -0.3 is 25.8 Å². The number of nitrogens with two attached hydrogens (primary N) is 1. The second kappa shape index (κ2) is 5.10. The van der Waals surface area contributed by atoms with Gasteiger partial charge in [-0.3, -0.25) is 14.2 Å². The fourth-order valence-electron chi connectivity index (χ4n) is 1.96. The van der Waals surface area contributed by atoms with Gasteiger partial charge in [0.2, 0.25) is 5.91 Å². The number of pyridine rings is 1. The average molecular weight is 270 g/mol. The molecule has 0 radical (unpaired) electrons. The highest BCUT2D eigenvalue weighted by Crippen LogP contribution is 2.28.